The summed E-state index contributed by atoms with van der Waals surface area (Å²) in [7, 11) is 0. The fraction of sp³-hybridized carbons (Fsp3) is 0.214. The van der Waals surface area contributed by atoms with Gasteiger partial charge in [-0.05, 0) is 11.4 Å². The Bertz CT molecular complexity index is 675. The molecule has 1 amide bonds. The lowest BCUT2D eigenvalue weighted by atomic mass is 10.4. The van der Waals surface area contributed by atoms with Gasteiger partial charge in [0.05, 0.1) is 4.88 Å². The maximum Gasteiger partial charge on any atom is 0.442 e. The summed E-state index contributed by atoms with van der Waals surface area (Å²) < 4.78 is 5.90. The van der Waals surface area contributed by atoms with Gasteiger partial charge < -0.3 is 4.90 Å². The number of amides is 1. The molecule has 6 nitrogen and oxygen atoms in total. The second kappa shape index (κ2) is 6.85. The maximum absolute atomic E-state index is 12.3. The SMILES string of the molecule is C=CCN(CC=C)C(=O)Cn1c(-c2cccs2)noc1=O. The van der Waals surface area contributed by atoms with Crippen molar-refractivity contribution >= 4 is 17.2 Å². The average molecular weight is 305 g/mol. The van der Waals surface area contributed by atoms with E-state index in [1.807, 2.05) is 17.5 Å². The van der Waals surface area contributed by atoms with Crippen molar-refractivity contribution in [3.63, 3.8) is 0 Å². The first-order chi connectivity index (χ1) is 10.2. The second-order valence-corrected chi connectivity index (χ2v) is 5.16. The Labute approximate surface area is 125 Å². The van der Waals surface area contributed by atoms with Gasteiger partial charge in [-0.25, -0.2) is 9.36 Å². The number of carbonyl (C=O) groups excluding carboxylic acids is 1. The van der Waals surface area contributed by atoms with Gasteiger partial charge in [0, 0.05) is 13.1 Å². The van der Waals surface area contributed by atoms with Crippen LogP contribution in [0.1, 0.15) is 0 Å². The molecule has 21 heavy (non-hydrogen) atoms. The highest BCUT2D eigenvalue weighted by Crippen LogP contribution is 2.21. The smallest absolute Gasteiger partial charge is 0.334 e. The standard InChI is InChI=1S/C14H15N3O3S/c1-3-7-16(8-4-2)12(18)10-17-13(15-20-14(17)19)11-6-5-9-21-11/h3-6,9H,1-2,7-8,10H2. The highest BCUT2D eigenvalue weighted by Gasteiger charge is 2.19. The molecule has 0 saturated heterocycles. The van der Waals surface area contributed by atoms with Crippen LogP contribution in [0.5, 0.6) is 0 Å². The molecule has 0 fully saturated rings. The summed E-state index contributed by atoms with van der Waals surface area (Å²) in [6.45, 7) is 7.87. The Morgan fingerprint density at radius 1 is 1.43 bits per heavy atom. The third-order valence-corrected chi connectivity index (χ3v) is 3.64. The van der Waals surface area contributed by atoms with Crippen LogP contribution in [0.4, 0.5) is 0 Å². The van der Waals surface area contributed by atoms with Crippen LogP contribution in [0.3, 0.4) is 0 Å². The lowest BCUT2D eigenvalue weighted by Crippen LogP contribution is -2.36. The molecule has 110 valence electrons. The highest BCUT2D eigenvalue weighted by atomic mass is 32.1. The lowest BCUT2D eigenvalue weighted by molar-refractivity contribution is -0.130. The molecule has 0 atom stereocenters. The third kappa shape index (κ3) is 3.38. The van der Waals surface area contributed by atoms with Gasteiger partial charge in [-0.3, -0.25) is 9.32 Å². The average Bonchev–Trinajstić information content (AvgIpc) is 3.09. The van der Waals surface area contributed by atoms with Gasteiger partial charge in [-0.15, -0.1) is 24.5 Å². The number of hydrogen-bond acceptors (Lipinski definition) is 5. The van der Waals surface area contributed by atoms with Crippen LogP contribution in [-0.4, -0.2) is 33.6 Å². The van der Waals surface area contributed by atoms with Crippen LogP contribution in [0, 0.1) is 0 Å². The number of thiophene rings is 1. The van der Waals surface area contributed by atoms with E-state index in [2.05, 4.69) is 22.8 Å². The van der Waals surface area contributed by atoms with Gasteiger partial charge in [0.25, 0.3) is 0 Å². The number of aromatic nitrogens is 2. The number of rotatable bonds is 7. The Hall–Kier alpha value is -2.41. The molecular weight excluding hydrogens is 290 g/mol. The Balaban J connectivity index is 2.25. The summed E-state index contributed by atoms with van der Waals surface area (Å²) >= 11 is 1.42. The Morgan fingerprint density at radius 3 is 2.71 bits per heavy atom. The van der Waals surface area contributed by atoms with Crippen molar-refractivity contribution in [2.75, 3.05) is 13.1 Å². The Morgan fingerprint density at radius 2 is 2.14 bits per heavy atom. The van der Waals surface area contributed by atoms with Crippen molar-refractivity contribution in [3.05, 3.63) is 53.4 Å². The van der Waals surface area contributed by atoms with Crippen LogP contribution < -0.4 is 5.76 Å². The number of nitrogens with zero attached hydrogens (tertiary/aromatic N) is 3. The molecule has 0 aliphatic carbocycles. The van der Waals surface area contributed by atoms with Crippen LogP contribution in [0.15, 0.2) is 52.1 Å². The normalized spacial score (nSPS) is 10.3. The van der Waals surface area contributed by atoms with Crippen LogP contribution in [0.2, 0.25) is 0 Å². The van der Waals surface area contributed by atoms with E-state index in [-0.39, 0.29) is 12.5 Å². The Kier molecular flexibility index (Phi) is 4.89. The molecule has 0 bridgehead atoms. The monoisotopic (exact) mass is 305 g/mol. The maximum atomic E-state index is 12.3. The zero-order valence-corrected chi connectivity index (χ0v) is 12.2. The molecule has 2 aromatic heterocycles. The van der Waals surface area contributed by atoms with Gasteiger partial charge in [-0.2, -0.15) is 0 Å². The quantitative estimate of drug-likeness (QED) is 0.731. The molecular formula is C14H15N3O3S. The van der Waals surface area contributed by atoms with Gasteiger partial charge in [0.15, 0.2) is 5.82 Å². The minimum absolute atomic E-state index is 0.128. The first-order valence-electron chi connectivity index (χ1n) is 6.27. The highest BCUT2D eigenvalue weighted by molar-refractivity contribution is 7.13. The van der Waals surface area contributed by atoms with Gasteiger partial charge in [-0.1, -0.05) is 23.4 Å². The molecule has 2 heterocycles. The van der Waals surface area contributed by atoms with E-state index < -0.39 is 5.76 Å². The minimum atomic E-state index is -0.649. The minimum Gasteiger partial charge on any atom is -0.334 e. The zero-order chi connectivity index (χ0) is 15.2. The zero-order valence-electron chi connectivity index (χ0n) is 11.4. The van der Waals surface area contributed by atoms with E-state index in [4.69, 9.17) is 0 Å². The second-order valence-electron chi connectivity index (χ2n) is 4.21. The van der Waals surface area contributed by atoms with E-state index in [0.717, 1.165) is 4.88 Å². The molecule has 0 radical (unpaired) electrons. The fourth-order valence-electron chi connectivity index (χ4n) is 1.82. The molecule has 7 heteroatoms. The number of hydrogen-bond donors (Lipinski definition) is 0. The molecule has 0 aromatic carbocycles. The summed E-state index contributed by atoms with van der Waals surface area (Å²) in [5, 5.41) is 5.60. The predicted octanol–water partition coefficient (Wildman–Crippen LogP) is 1.77. The largest absolute Gasteiger partial charge is 0.442 e. The summed E-state index contributed by atoms with van der Waals surface area (Å²) in [5.41, 5.74) is 0. The van der Waals surface area contributed by atoms with Crippen LogP contribution >= 0.6 is 11.3 Å². The van der Waals surface area contributed by atoms with E-state index in [0.29, 0.717) is 18.9 Å². The summed E-state index contributed by atoms with van der Waals surface area (Å²) in [6, 6.07) is 3.65. The van der Waals surface area contributed by atoms with E-state index in [1.165, 1.54) is 20.8 Å². The molecule has 0 aliphatic heterocycles. The molecule has 2 aromatic rings. The van der Waals surface area contributed by atoms with E-state index >= 15 is 0 Å². The molecule has 0 aliphatic rings. The van der Waals surface area contributed by atoms with E-state index in [9.17, 15) is 9.59 Å². The van der Waals surface area contributed by atoms with Crippen molar-refractivity contribution in [2.45, 2.75) is 6.54 Å². The van der Waals surface area contributed by atoms with Crippen molar-refractivity contribution < 1.29 is 9.32 Å². The predicted molar refractivity (Wildman–Crippen MR) is 81.1 cm³/mol. The molecule has 0 spiro atoms. The van der Waals surface area contributed by atoms with Crippen LogP contribution in [0.25, 0.3) is 10.7 Å². The molecule has 0 unspecified atom stereocenters. The van der Waals surface area contributed by atoms with Crippen molar-refractivity contribution in [1.29, 1.82) is 0 Å². The van der Waals surface area contributed by atoms with Gasteiger partial charge in [0.1, 0.15) is 6.54 Å². The summed E-state index contributed by atoms with van der Waals surface area (Å²) in [6.07, 6.45) is 3.25. The van der Waals surface area contributed by atoms with Gasteiger partial charge >= 0.3 is 5.76 Å². The lowest BCUT2D eigenvalue weighted by Gasteiger charge is -2.19. The third-order valence-electron chi connectivity index (χ3n) is 2.77. The molecule has 0 N–H and O–H groups in total. The van der Waals surface area contributed by atoms with E-state index in [1.54, 1.807) is 12.2 Å². The van der Waals surface area contributed by atoms with Crippen LogP contribution in [-0.2, 0) is 11.3 Å². The number of carbonyl (C=O) groups is 1. The first kappa shape index (κ1) is 15.0. The topological polar surface area (TPSA) is 68.3 Å². The first-order valence-corrected chi connectivity index (χ1v) is 7.15. The molecule has 0 saturated carbocycles. The van der Waals surface area contributed by atoms with Crippen molar-refractivity contribution in [2.24, 2.45) is 0 Å². The van der Waals surface area contributed by atoms with Gasteiger partial charge in [0.2, 0.25) is 5.91 Å². The summed E-state index contributed by atoms with van der Waals surface area (Å²) in [5.74, 6) is -0.512. The fourth-order valence-corrected chi connectivity index (χ4v) is 2.53. The van der Waals surface area contributed by atoms with Crippen molar-refractivity contribution in [1.82, 2.24) is 14.6 Å². The van der Waals surface area contributed by atoms with Crippen molar-refractivity contribution in [3.8, 4) is 10.7 Å². The summed E-state index contributed by atoms with van der Waals surface area (Å²) in [4.78, 5) is 26.3. The molecule has 2 rings (SSSR count).